The summed E-state index contributed by atoms with van der Waals surface area (Å²) in [5, 5.41) is 12.6. The maximum atomic E-state index is 12.0. The fraction of sp³-hybridized carbons (Fsp3) is 0.562. The smallest absolute Gasteiger partial charge is 0.317 e. The van der Waals surface area contributed by atoms with E-state index in [1.807, 2.05) is 31.2 Å². The number of rotatable bonds is 6. The number of carbonyl (C=O) groups is 1. The van der Waals surface area contributed by atoms with Gasteiger partial charge in [0.2, 0.25) is 0 Å². The van der Waals surface area contributed by atoms with Crippen LogP contribution >= 0.6 is 0 Å². The van der Waals surface area contributed by atoms with E-state index >= 15 is 0 Å². The summed E-state index contributed by atoms with van der Waals surface area (Å²) in [6.45, 7) is 6.17. The lowest BCUT2D eigenvalue weighted by atomic mass is 10.0. The number of methoxy groups -OCH3 is 1. The average molecular weight is 294 g/mol. The van der Waals surface area contributed by atoms with Gasteiger partial charge in [0.1, 0.15) is 5.75 Å². The number of carbonyl (C=O) groups excluding carboxylic acids is 1. The lowest BCUT2D eigenvalue weighted by molar-refractivity contribution is 0.0532. The zero-order chi connectivity index (χ0) is 16.0. The van der Waals surface area contributed by atoms with E-state index in [9.17, 15) is 9.90 Å². The molecule has 21 heavy (non-hydrogen) atoms. The summed E-state index contributed by atoms with van der Waals surface area (Å²) in [6, 6.07) is 7.59. The molecular formula is C16H26N2O3. The van der Waals surface area contributed by atoms with E-state index in [1.54, 1.807) is 28.0 Å². The van der Waals surface area contributed by atoms with Crippen molar-refractivity contribution in [1.82, 2.24) is 10.2 Å². The Kier molecular flexibility index (Phi) is 6.03. The normalized spacial score (nSPS) is 12.7. The van der Waals surface area contributed by atoms with Crippen molar-refractivity contribution >= 4 is 6.03 Å². The molecule has 1 aromatic rings. The number of ether oxygens (including phenoxy) is 1. The third kappa shape index (κ3) is 5.63. The monoisotopic (exact) mass is 294 g/mol. The first kappa shape index (κ1) is 17.3. The molecule has 0 aliphatic rings. The van der Waals surface area contributed by atoms with Gasteiger partial charge < -0.3 is 20.1 Å². The highest BCUT2D eigenvalue weighted by molar-refractivity contribution is 5.74. The first-order chi connectivity index (χ1) is 9.74. The van der Waals surface area contributed by atoms with Crippen LogP contribution in [0.5, 0.6) is 5.75 Å². The number of benzene rings is 1. The summed E-state index contributed by atoms with van der Waals surface area (Å²) < 4.78 is 5.33. The van der Waals surface area contributed by atoms with Crippen LogP contribution in [0, 0.1) is 0 Å². The fourth-order valence-electron chi connectivity index (χ4n) is 2.21. The molecule has 0 heterocycles. The van der Waals surface area contributed by atoms with Crippen LogP contribution in [0.15, 0.2) is 24.3 Å². The molecule has 0 aromatic heterocycles. The Hall–Kier alpha value is -1.75. The average Bonchev–Trinajstić information content (AvgIpc) is 2.42. The van der Waals surface area contributed by atoms with Crippen LogP contribution in [-0.4, -0.2) is 48.9 Å². The molecular weight excluding hydrogens is 268 g/mol. The Morgan fingerprint density at radius 2 is 2.05 bits per heavy atom. The van der Waals surface area contributed by atoms with Crippen molar-refractivity contribution in [2.45, 2.75) is 32.3 Å². The summed E-state index contributed by atoms with van der Waals surface area (Å²) >= 11 is 0. The van der Waals surface area contributed by atoms with Crippen molar-refractivity contribution in [3.63, 3.8) is 0 Å². The molecule has 0 aliphatic carbocycles. The molecule has 1 unspecified atom stereocenters. The van der Waals surface area contributed by atoms with Crippen LogP contribution in [0.25, 0.3) is 0 Å². The minimum atomic E-state index is -0.902. The number of nitrogens with one attached hydrogen (secondary N) is 1. The second-order valence-electron chi connectivity index (χ2n) is 6.00. The third-order valence-corrected chi connectivity index (χ3v) is 3.20. The van der Waals surface area contributed by atoms with Gasteiger partial charge in [-0.15, -0.1) is 0 Å². The maximum Gasteiger partial charge on any atom is 0.317 e. The number of para-hydroxylation sites is 1. The van der Waals surface area contributed by atoms with Crippen LogP contribution in [-0.2, 0) is 0 Å². The van der Waals surface area contributed by atoms with Gasteiger partial charge in [-0.05, 0) is 25.5 Å². The zero-order valence-corrected chi connectivity index (χ0v) is 13.5. The highest BCUT2D eigenvalue weighted by Crippen LogP contribution is 2.25. The van der Waals surface area contributed by atoms with Gasteiger partial charge >= 0.3 is 6.03 Å². The second-order valence-corrected chi connectivity index (χ2v) is 6.00. The topological polar surface area (TPSA) is 61.8 Å². The van der Waals surface area contributed by atoms with Gasteiger partial charge in [-0.3, -0.25) is 0 Å². The number of nitrogens with zero attached hydrogens (tertiary/aromatic N) is 1. The van der Waals surface area contributed by atoms with E-state index < -0.39 is 5.60 Å². The van der Waals surface area contributed by atoms with Crippen LogP contribution in [0.1, 0.15) is 32.3 Å². The van der Waals surface area contributed by atoms with Crippen LogP contribution in [0.3, 0.4) is 0 Å². The molecule has 0 aliphatic heterocycles. The number of aliphatic hydroxyl groups is 1. The summed E-state index contributed by atoms with van der Waals surface area (Å²) in [5.74, 6) is 0.963. The maximum absolute atomic E-state index is 12.0. The zero-order valence-electron chi connectivity index (χ0n) is 13.5. The minimum Gasteiger partial charge on any atom is -0.496 e. The van der Waals surface area contributed by atoms with Crippen molar-refractivity contribution in [2.75, 3.05) is 27.2 Å². The van der Waals surface area contributed by atoms with Crippen LogP contribution in [0.2, 0.25) is 0 Å². The molecule has 0 bridgehead atoms. The van der Waals surface area contributed by atoms with Gasteiger partial charge in [0.15, 0.2) is 0 Å². The third-order valence-electron chi connectivity index (χ3n) is 3.20. The summed E-state index contributed by atoms with van der Waals surface area (Å²) in [7, 11) is 3.31. The minimum absolute atomic E-state index is 0.139. The molecule has 0 saturated carbocycles. The Morgan fingerprint density at radius 3 is 2.62 bits per heavy atom. The van der Waals surface area contributed by atoms with Crippen molar-refractivity contribution in [3.05, 3.63) is 29.8 Å². The van der Waals surface area contributed by atoms with Gasteiger partial charge in [-0.2, -0.15) is 0 Å². The molecule has 0 spiro atoms. The largest absolute Gasteiger partial charge is 0.496 e. The van der Waals surface area contributed by atoms with E-state index in [4.69, 9.17) is 4.74 Å². The summed E-state index contributed by atoms with van der Waals surface area (Å²) in [6.07, 6.45) is 0. The van der Waals surface area contributed by atoms with Crippen molar-refractivity contribution in [3.8, 4) is 5.75 Å². The molecule has 1 aromatic carbocycles. The standard InChI is InChI=1S/C16H26N2O3/c1-12(13-8-6-7-9-14(13)21-5)10-17-15(19)18(4)11-16(2,3)20/h6-9,12,20H,10-11H2,1-5H3,(H,17,19). The first-order valence-corrected chi connectivity index (χ1v) is 7.09. The van der Waals surface area contributed by atoms with Gasteiger partial charge in [-0.1, -0.05) is 25.1 Å². The molecule has 1 rings (SSSR count). The van der Waals surface area contributed by atoms with Gasteiger partial charge in [-0.25, -0.2) is 4.79 Å². The van der Waals surface area contributed by atoms with Gasteiger partial charge in [0.25, 0.3) is 0 Å². The predicted octanol–water partition coefficient (Wildman–Crippen LogP) is 2.21. The summed E-state index contributed by atoms with van der Waals surface area (Å²) in [4.78, 5) is 13.5. The SMILES string of the molecule is COc1ccccc1C(C)CNC(=O)N(C)CC(C)(C)O. The Morgan fingerprint density at radius 1 is 1.43 bits per heavy atom. The van der Waals surface area contributed by atoms with E-state index in [1.165, 1.54) is 4.90 Å². The Labute approximate surface area is 126 Å². The lowest BCUT2D eigenvalue weighted by Crippen LogP contribution is -2.45. The summed E-state index contributed by atoms with van der Waals surface area (Å²) in [5.41, 5.74) is 0.158. The number of likely N-dealkylation sites (N-methyl/N-ethyl adjacent to an activating group) is 1. The predicted molar refractivity (Wildman–Crippen MR) is 83.7 cm³/mol. The molecule has 0 radical (unpaired) electrons. The van der Waals surface area contributed by atoms with E-state index in [0.29, 0.717) is 6.54 Å². The van der Waals surface area contributed by atoms with Crippen LogP contribution < -0.4 is 10.1 Å². The Bertz CT molecular complexity index is 469. The number of amides is 2. The quantitative estimate of drug-likeness (QED) is 0.845. The second kappa shape index (κ2) is 7.31. The van der Waals surface area contributed by atoms with E-state index in [0.717, 1.165) is 11.3 Å². The first-order valence-electron chi connectivity index (χ1n) is 7.09. The molecule has 0 fully saturated rings. The van der Waals surface area contributed by atoms with Gasteiger partial charge in [0.05, 0.1) is 19.3 Å². The molecule has 118 valence electrons. The van der Waals surface area contributed by atoms with Gasteiger partial charge in [0, 0.05) is 19.5 Å². The molecule has 1 atom stereocenters. The molecule has 2 amide bonds. The van der Waals surface area contributed by atoms with Crippen LogP contribution in [0.4, 0.5) is 4.79 Å². The van der Waals surface area contributed by atoms with E-state index in [-0.39, 0.29) is 18.5 Å². The molecule has 5 heteroatoms. The van der Waals surface area contributed by atoms with E-state index in [2.05, 4.69) is 5.32 Å². The number of hydrogen-bond donors (Lipinski definition) is 2. The van der Waals surface area contributed by atoms with Crippen molar-refractivity contribution < 1.29 is 14.6 Å². The van der Waals surface area contributed by atoms with Crippen molar-refractivity contribution in [1.29, 1.82) is 0 Å². The fourth-order valence-corrected chi connectivity index (χ4v) is 2.21. The lowest BCUT2D eigenvalue weighted by Gasteiger charge is -2.26. The number of hydrogen-bond acceptors (Lipinski definition) is 3. The highest BCUT2D eigenvalue weighted by Gasteiger charge is 2.20. The number of urea groups is 1. The molecule has 0 saturated heterocycles. The molecule has 2 N–H and O–H groups in total. The molecule has 5 nitrogen and oxygen atoms in total. The highest BCUT2D eigenvalue weighted by atomic mass is 16.5. The van der Waals surface area contributed by atoms with Crippen molar-refractivity contribution in [2.24, 2.45) is 0 Å². The Balaban J connectivity index is 2.56.